The Labute approximate surface area is 133 Å². The van der Waals surface area contributed by atoms with Crippen LogP contribution in [0, 0.1) is 11.8 Å². The Kier molecular flexibility index (Phi) is 6.38. The van der Waals surface area contributed by atoms with Crippen molar-refractivity contribution in [1.29, 1.82) is 0 Å². The number of benzene rings is 2. The molecule has 0 aliphatic rings. The molecule has 1 N–H and O–H groups in total. The Balaban J connectivity index is 1.89. The summed E-state index contributed by atoms with van der Waals surface area (Å²) in [6, 6.07) is 19.8. The minimum atomic E-state index is -0.547. The molecule has 0 radical (unpaired) electrons. The van der Waals surface area contributed by atoms with Crippen LogP contribution in [0.3, 0.4) is 0 Å². The van der Waals surface area contributed by atoms with E-state index in [1.807, 2.05) is 54.6 Å². The van der Waals surface area contributed by atoms with E-state index >= 15 is 0 Å². The highest BCUT2D eigenvalue weighted by atomic mass is 16.5. The van der Waals surface area contributed by atoms with Crippen molar-refractivity contribution < 1.29 is 9.84 Å². The first kappa shape index (κ1) is 16.5. The summed E-state index contributed by atoms with van der Waals surface area (Å²) >= 11 is 0. The second-order valence-electron chi connectivity index (χ2n) is 5.65. The first-order valence-electron chi connectivity index (χ1n) is 7.69. The molecule has 22 heavy (non-hydrogen) atoms. The lowest BCUT2D eigenvalue weighted by Crippen LogP contribution is -2.22. The number of aliphatic hydroxyl groups excluding tert-OH is 1. The molecule has 2 rings (SSSR count). The van der Waals surface area contributed by atoms with Gasteiger partial charge in [-0.2, -0.15) is 0 Å². The highest BCUT2D eigenvalue weighted by Crippen LogP contribution is 2.29. The Morgan fingerprint density at radius 1 is 1.05 bits per heavy atom. The molecule has 2 aromatic carbocycles. The van der Waals surface area contributed by atoms with Gasteiger partial charge in [0.05, 0.1) is 19.3 Å². The van der Waals surface area contributed by atoms with Gasteiger partial charge in [0.15, 0.2) is 0 Å². The Morgan fingerprint density at radius 3 is 2.23 bits per heavy atom. The monoisotopic (exact) mass is 296 g/mol. The van der Waals surface area contributed by atoms with Crippen molar-refractivity contribution >= 4 is 0 Å². The standard InChI is InChI=1S/C20H24O2/c1-3-19(20(21)18-12-8-5-9-13-18)16(2)14-22-15-17-10-6-4-7-11-17/h3-13,16,19-21H,1,14-15H2,2H3/t16-,19-,20-/m1/s1. The zero-order chi connectivity index (χ0) is 15.8. The van der Waals surface area contributed by atoms with E-state index in [0.717, 1.165) is 11.1 Å². The molecule has 0 spiro atoms. The molecule has 0 aromatic heterocycles. The number of rotatable bonds is 8. The van der Waals surface area contributed by atoms with Gasteiger partial charge in [-0.3, -0.25) is 0 Å². The van der Waals surface area contributed by atoms with Crippen molar-refractivity contribution in [2.24, 2.45) is 11.8 Å². The van der Waals surface area contributed by atoms with E-state index in [4.69, 9.17) is 4.74 Å². The second-order valence-corrected chi connectivity index (χ2v) is 5.65. The maximum Gasteiger partial charge on any atom is 0.0855 e. The summed E-state index contributed by atoms with van der Waals surface area (Å²) in [5.41, 5.74) is 2.08. The molecule has 3 atom stereocenters. The second kappa shape index (κ2) is 8.52. The molecule has 2 aromatic rings. The van der Waals surface area contributed by atoms with Crippen LogP contribution in [0.15, 0.2) is 73.3 Å². The van der Waals surface area contributed by atoms with Gasteiger partial charge >= 0.3 is 0 Å². The van der Waals surface area contributed by atoms with Gasteiger partial charge in [0.1, 0.15) is 0 Å². The zero-order valence-corrected chi connectivity index (χ0v) is 13.1. The van der Waals surface area contributed by atoms with Gasteiger partial charge in [0.2, 0.25) is 0 Å². The maximum atomic E-state index is 10.5. The largest absolute Gasteiger partial charge is 0.388 e. The predicted molar refractivity (Wildman–Crippen MR) is 90.4 cm³/mol. The quantitative estimate of drug-likeness (QED) is 0.733. The molecule has 2 nitrogen and oxygen atoms in total. The fraction of sp³-hybridized carbons (Fsp3) is 0.300. The van der Waals surface area contributed by atoms with Crippen molar-refractivity contribution in [3.8, 4) is 0 Å². The molecular weight excluding hydrogens is 272 g/mol. The van der Waals surface area contributed by atoms with Gasteiger partial charge < -0.3 is 9.84 Å². The van der Waals surface area contributed by atoms with Crippen LogP contribution in [-0.4, -0.2) is 11.7 Å². The minimum absolute atomic E-state index is 0.0295. The Morgan fingerprint density at radius 2 is 1.64 bits per heavy atom. The molecule has 116 valence electrons. The predicted octanol–water partition coefficient (Wildman–Crippen LogP) is 4.38. The molecular formula is C20H24O2. The molecule has 0 saturated carbocycles. The number of ether oxygens (including phenoxy) is 1. The molecule has 2 heteroatoms. The lowest BCUT2D eigenvalue weighted by atomic mass is 9.86. The first-order valence-corrected chi connectivity index (χ1v) is 7.69. The summed E-state index contributed by atoms with van der Waals surface area (Å²) < 4.78 is 5.79. The first-order chi connectivity index (χ1) is 10.7. The van der Waals surface area contributed by atoms with Crippen molar-refractivity contribution in [1.82, 2.24) is 0 Å². The SMILES string of the molecule is C=C[C@H]([C@H](C)COCc1ccccc1)[C@H](O)c1ccccc1. The van der Waals surface area contributed by atoms with Crippen molar-refractivity contribution in [3.63, 3.8) is 0 Å². The van der Waals surface area contributed by atoms with Gasteiger partial charge in [0.25, 0.3) is 0 Å². The molecule has 0 amide bonds. The molecule has 0 fully saturated rings. The van der Waals surface area contributed by atoms with Gasteiger partial charge in [0, 0.05) is 5.92 Å². The lowest BCUT2D eigenvalue weighted by Gasteiger charge is -2.26. The fourth-order valence-electron chi connectivity index (χ4n) is 2.59. The minimum Gasteiger partial charge on any atom is -0.388 e. The van der Waals surface area contributed by atoms with Crippen molar-refractivity contribution in [2.45, 2.75) is 19.6 Å². The van der Waals surface area contributed by atoms with Gasteiger partial charge in [-0.1, -0.05) is 73.7 Å². The van der Waals surface area contributed by atoms with Crippen molar-refractivity contribution in [3.05, 3.63) is 84.4 Å². The summed E-state index contributed by atoms with van der Waals surface area (Å²) in [4.78, 5) is 0. The molecule has 0 heterocycles. The number of hydrogen-bond acceptors (Lipinski definition) is 2. The molecule has 0 bridgehead atoms. The highest BCUT2D eigenvalue weighted by molar-refractivity contribution is 5.19. The zero-order valence-electron chi connectivity index (χ0n) is 13.1. The molecule has 0 aliphatic heterocycles. The summed E-state index contributed by atoms with van der Waals surface area (Å²) in [6.07, 6.45) is 1.28. The highest BCUT2D eigenvalue weighted by Gasteiger charge is 2.23. The average Bonchev–Trinajstić information content (AvgIpc) is 2.57. The van der Waals surface area contributed by atoms with E-state index in [1.54, 1.807) is 0 Å². The average molecular weight is 296 g/mol. The number of hydrogen-bond donors (Lipinski definition) is 1. The van der Waals surface area contributed by atoms with E-state index in [-0.39, 0.29) is 11.8 Å². The molecule has 0 aliphatic carbocycles. The van der Waals surface area contributed by atoms with Crippen LogP contribution in [-0.2, 0) is 11.3 Å². The maximum absolute atomic E-state index is 10.5. The van der Waals surface area contributed by atoms with Gasteiger partial charge in [-0.15, -0.1) is 6.58 Å². The van der Waals surface area contributed by atoms with Crippen LogP contribution >= 0.6 is 0 Å². The Hall–Kier alpha value is -1.90. The van der Waals surface area contributed by atoms with Gasteiger partial charge in [-0.25, -0.2) is 0 Å². The van der Waals surface area contributed by atoms with E-state index in [2.05, 4.69) is 25.6 Å². The van der Waals surface area contributed by atoms with Crippen LogP contribution in [0.1, 0.15) is 24.2 Å². The van der Waals surface area contributed by atoms with E-state index in [9.17, 15) is 5.11 Å². The third-order valence-corrected chi connectivity index (χ3v) is 3.93. The summed E-state index contributed by atoms with van der Waals surface area (Å²) in [6.45, 7) is 7.15. The van der Waals surface area contributed by atoms with E-state index in [0.29, 0.717) is 13.2 Å². The molecule has 0 saturated heterocycles. The Bertz CT molecular complexity index is 550. The third-order valence-electron chi connectivity index (χ3n) is 3.93. The fourth-order valence-corrected chi connectivity index (χ4v) is 2.59. The normalized spacial score (nSPS) is 15.0. The van der Waals surface area contributed by atoms with E-state index in [1.165, 1.54) is 0 Å². The summed E-state index contributed by atoms with van der Waals surface area (Å²) in [7, 11) is 0. The topological polar surface area (TPSA) is 29.5 Å². The van der Waals surface area contributed by atoms with Crippen LogP contribution < -0.4 is 0 Å². The van der Waals surface area contributed by atoms with Crippen LogP contribution in [0.4, 0.5) is 0 Å². The van der Waals surface area contributed by atoms with Crippen LogP contribution in [0.2, 0.25) is 0 Å². The number of aliphatic hydroxyl groups is 1. The van der Waals surface area contributed by atoms with Crippen LogP contribution in [0.25, 0.3) is 0 Å². The lowest BCUT2D eigenvalue weighted by molar-refractivity contribution is 0.0387. The third kappa shape index (κ3) is 4.55. The van der Waals surface area contributed by atoms with Crippen LogP contribution in [0.5, 0.6) is 0 Å². The van der Waals surface area contributed by atoms with Gasteiger partial charge in [-0.05, 0) is 17.0 Å². The summed E-state index contributed by atoms with van der Waals surface area (Å²) in [5, 5.41) is 10.5. The smallest absolute Gasteiger partial charge is 0.0855 e. The van der Waals surface area contributed by atoms with E-state index < -0.39 is 6.10 Å². The summed E-state index contributed by atoms with van der Waals surface area (Å²) in [5.74, 6) is 0.162. The van der Waals surface area contributed by atoms with Crippen molar-refractivity contribution in [2.75, 3.05) is 6.61 Å². The molecule has 0 unspecified atom stereocenters.